The summed E-state index contributed by atoms with van der Waals surface area (Å²) >= 11 is 3.31. The van der Waals surface area contributed by atoms with Gasteiger partial charge in [0.05, 0.1) is 11.8 Å². The van der Waals surface area contributed by atoms with Gasteiger partial charge in [0.15, 0.2) is 0 Å². The maximum absolute atomic E-state index is 12.6. The molecule has 1 saturated carbocycles. The number of hydrogen-bond acceptors (Lipinski definition) is 3. The number of rotatable bonds is 2. The van der Waals surface area contributed by atoms with Gasteiger partial charge < -0.3 is 0 Å². The molecule has 0 aromatic heterocycles. The number of benzene rings is 1. The monoisotopic (exact) mass is 374 g/mol. The Kier molecular flexibility index (Phi) is 3.37. The first-order chi connectivity index (χ1) is 11.1. The van der Waals surface area contributed by atoms with E-state index in [0.29, 0.717) is 5.56 Å². The summed E-state index contributed by atoms with van der Waals surface area (Å²) < 4.78 is 0.857. The summed E-state index contributed by atoms with van der Waals surface area (Å²) in [6.07, 6.45) is 5.99. The van der Waals surface area contributed by atoms with E-state index in [1.54, 1.807) is 24.3 Å². The predicted molar refractivity (Wildman–Crippen MR) is 85.8 cm³/mol. The fourth-order valence-corrected chi connectivity index (χ4v) is 4.22. The maximum atomic E-state index is 12.6. The Bertz CT molecular complexity index is 696. The maximum Gasteiger partial charge on any atom is 0.270 e. The minimum Gasteiger partial charge on any atom is -0.272 e. The lowest BCUT2D eigenvalue weighted by Gasteiger charge is -2.37. The molecule has 0 spiro atoms. The van der Waals surface area contributed by atoms with Crippen molar-refractivity contribution in [2.75, 3.05) is 0 Å². The van der Waals surface area contributed by atoms with E-state index in [0.717, 1.165) is 22.3 Å². The van der Waals surface area contributed by atoms with Gasteiger partial charge in [-0.25, -0.2) is 0 Å². The van der Waals surface area contributed by atoms with E-state index >= 15 is 0 Å². The fraction of sp³-hybridized carbons (Fsp3) is 0.353. The van der Waals surface area contributed by atoms with Crippen LogP contribution in [0.2, 0.25) is 0 Å². The lowest BCUT2D eigenvalue weighted by molar-refractivity contribution is -0.143. The van der Waals surface area contributed by atoms with E-state index in [1.165, 1.54) is 0 Å². The standard InChI is InChI=1S/C17H15BrN2O3/c18-12-7-5-11(6-8-12)15(21)19-20-16(22)13-9-1-2-10(4-3-9)14(13)17(20)23/h1-2,5-10,13-14H,3-4H2,(H,19,21). The Morgan fingerprint density at radius 3 is 2.00 bits per heavy atom. The number of fused-ring (bicyclic) bond motifs is 1. The van der Waals surface area contributed by atoms with Crippen molar-refractivity contribution in [2.24, 2.45) is 23.7 Å². The van der Waals surface area contributed by atoms with E-state index in [1.807, 2.05) is 0 Å². The highest BCUT2D eigenvalue weighted by Crippen LogP contribution is 2.49. The summed E-state index contributed by atoms with van der Waals surface area (Å²) in [4.78, 5) is 37.5. The van der Waals surface area contributed by atoms with Crippen LogP contribution >= 0.6 is 15.9 Å². The molecular formula is C17H15BrN2O3. The third-order valence-electron chi connectivity index (χ3n) is 5.08. The molecule has 6 heteroatoms. The average molecular weight is 375 g/mol. The molecule has 23 heavy (non-hydrogen) atoms. The zero-order valence-corrected chi connectivity index (χ0v) is 13.8. The average Bonchev–Trinajstić information content (AvgIpc) is 2.83. The van der Waals surface area contributed by atoms with Crippen molar-refractivity contribution in [3.63, 3.8) is 0 Å². The smallest absolute Gasteiger partial charge is 0.270 e. The highest BCUT2D eigenvalue weighted by molar-refractivity contribution is 9.10. The molecule has 5 rings (SSSR count). The highest BCUT2D eigenvalue weighted by Gasteiger charge is 2.57. The third-order valence-corrected chi connectivity index (χ3v) is 5.61. The van der Waals surface area contributed by atoms with E-state index in [4.69, 9.17) is 0 Å². The van der Waals surface area contributed by atoms with Crippen LogP contribution in [-0.4, -0.2) is 22.7 Å². The van der Waals surface area contributed by atoms with Gasteiger partial charge in [0.25, 0.3) is 17.7 Å². The Morgan fingerprint density at radius 2 is 1.52 bits per heavy atom. The van der Waals surface area contributed by atoms with Gasteiger partial charge in [-0.05, 0) is 48.9 Å². The first kappa shape index (κ1) is 14.6. The zero-order chi connectivity index (χ0) is 16.1. The molecule has 1 aromatic rings. The van der Waals surface area contributed by atoms with Crippen molar-refractivity contribution < 1.29 is 14.4 Å². The number of nitrogens with one attached hydrogen (secondary N) is 1. The summed E-state index contributed by atoms with van der Waals surface area (Å²) in [6, 6.07) is 6.77. The number of amides is 3. The van der Waals surface area contributed by atoms with Gasteiger partial charge in [-0.1, -0.05) is 28.1 Å². The molecule has 3 amide bonds. The second-order valence-electron chi connectivity index (χ2n) is 6.30. The normalized spacial score (nSPS) is 31.4. The van der Waals surface area contributed by atoms with Crippen molar-refractivity contribution in [1.82, 2.24) is 10.4 Å². The molecular weight excluding hydrogens is 360 g/mol. The van der Waals surface area contributed by atoms with Gasteiger partial charge in [-0.2, -0.15) is 5.01 Å². The SMILES string of the molecule is O=C(NN1C(=O)C2C3C=CC(CC3)C2C1=O)c1ccc(Br)cc1. The van der Waals surface area contributed by atoms with Crippen molar-refractivity contribution >= 4 is 33.7 Å². The molecule has 1 N–H and O–H groups in total. The topological polar surface area (TPSA) is 66.5 Å². The number of imide groups is 1. The van der Waals surface area contributed by atoms with Crippen LogP contribution in [0.15, 0.2) is 40.9 Å². The Hall–Kier alpha value is -1.95. The molecule has 5 nitrogen and oxygen atoms in total. The van der Waals surface area contributed by atoms with E-state index in [-0.39, 0.29) is 35.5 Å². The number of carbonyl (C=O) groups excluding carboxylic acids is 3. The molecule has 3 aliphatic carbocycles. The van der Waals surface area contributed by atoms with Crippen LogP contribution in [0.25, 0.3) is 0 Å². The minimum atomic E-state index is -0.446. The summed E-state index contributed by atoms with van der Waals surface area (Å²) in [7, 11) is 0. The number of halogens is 1. The molecule has 1 aromatic carbocycles. The van der Waals surface area contributed by atoms with E-state index in [2.05, 4.69) is 33.5 Å². The van der Waals surface area contributed by atoms with Crippen LogP contribution in [0.1, 0.15) is 23.2 Å². The number of nitrogens with zero attached hydrogens (tertiary/aromatic N) is 1. The van der Waals surface area contributed by atoms with Crippen molar-refractivity contribution in [2.45, 2.75) is 12.8 Å². The number of carbonyl (C=O) groups is 3. The number of hydrazine groups is 1. The molecule has 4 atom stereocenters. The molecule has 118 valence electrons. The first-order valence-corrected chi connectivity index (χ1v) is 8.48. The number of hydrogen-bond donors (Lipinski definition) is 1. The molecule has 2 fully saturated rings. The van der Waals surface area contributed by atoms with Crippen molar-refractivity contribution in [3.8, 4) is 0 Å². The zero-order valence-electron chi connectivity index (χ0n) is 12.2. The molecule has 1 heterocycles. The Morgan fingerprint density at radius 1 is 1.00 bits per heavy atom. The molecule has 0 radical (unpaired) electrons. The van der Waals surface area contributed by atoms with Crippen LogP contribution in [0.3, 0.4) is 0 Å². The fourth-order valence-electron chi connectivity index (χ4n) is 3.95. The quantitative estimate of drug-likeness (QED) is 0.637. The summed E-state index contributed by atoms with van der Waals surface area (Å²) in [5.41, 5.74) is 2.90. The van der Waals surface area contributed by atoms with Crippen molar-refractivity contribution in [1.29, 1.82) is 0 Å². The van der Waals surface area contributed by atoms with Crippen LogP contribution < -0.4 is 5.43 Å². The van der Waals surface area contributed by atoms with Gasteiger partial charge >= 0.3 is 0 Å². The van der Waals surface area contributed by atoms with Crippen LogP contribution in [0.5, 0.6) is 0 Å². The van der Waals surface area contributed by atoms with Gasteiger partial charge in [0, 0.05) is 10.0 Å². The molecule has 4 aliphatic rings. The molecule has 2 bridgehead atoms. The lowest BCUT2D eigenvalue weighted by atomic mass is 9.63. The Labute approximate surface area is 141 Å². The van der Waals surface area contributed by atoms with Gasteiger partial charge in [0.1, 0.15) is 0 Å². The third kappa shape index (κ3) is 2.24. The first-order valence-electron chi connectivity index (χ1n) is 7.69. The van der Waals surface area contributed by atoms with Gasteiger partial charge in [-0.15, -0.1) is 0 Å². The van der Waals surface area contributed by atoms with E-state index < -0.39 is 5.91 Å². The van der Waals surface area contributed by atoms with Gasteiger partial charge in [0.2, 0.25) is 0 Å². The van der Waals surface area contributed by atoms with Gasteiger partial charge in [-0.3, -0.25) is 19.8 Å². The lowest BCUT2D eigenvalue weighted by Crippen LogP contribution is -2.46. The number of allylic oxidation sites excluding steroid dienone is 2. The molecule has 1 aliphatic heterocycles. The summed E-state index contributed by atoms with van der Waals surface area (Å²) in [6.45, 7) is 0. The minimum absolute atomic E-state index is 0.121. The van der Waals surface area contributed by atoms with Crippen LogP contribution in [0.4, 0.5) is 0 Å². The van der Waals surface area contributed by atoms with E-state index in [9.17, 15) is 14.4 Å². The Balaban J connectivity index is 1.56. The molecule has 1 saturated heterocycles. The van der Waals surface area contributed by atoms with Crippen LogP contribution in [0, 0.1) is 23.7 Å². The summed E-state index contributed by atoms with van der Waals surface area (Å²) in [5, 5.41) is 0.942. The predicted octanol–water partition coefficient (Wildman–Crippen LogP) is 2.29. The highest BCUT2D eigenvalue weighted by atomic mass is 79.9. The second-order valence-corrected chi connectivity index (χ2v) is 7.22. The second kappa shape index (κ2) is 5.30. The molecule has 4 unspecified atom stereocenters. The van der Waals surface area contributed by atoms with Crippen LogP contribution in [-0.2, 0) is 9.59 Å². The summed E-state index contributed by atoms with van der Waals surface area (Å²) in [5.74, 6) is -1.37. The van der Waals surface area contributed by atoms with Crippen molar-refractivity contribution in [3.05, 3.63) is 46.5 Å². The largest absolute Gasteiger partial charge is 0.272 e.